The molecule has 5 nitrogen and oxygen atoms in total. The van der Waals surface area contributed by atoms with E-state index in [-0.39, 0.29) is 11.5 Å². The van der Waals surface area contributed by atoms with Gasteiger partial charge in [0.05, 0.1) is 0 Å². The van der Waals surface area contributed by atoms with Gasteiger partial charge in [0.25, 0.3) is 0 Å². The molecule has 0 aromatic rings. The summed E-state index contributed by atoms with van der Waals surface area (Å²) in [7, 11) is -3.74. The second-order valence-corrected chi connectivity index (χ2v) is 7.28. The lowest BCUT2D eigenvalue weighted by atomic mass is 9.92. The Labute approximate surface area is 96.3 Å². The molecule has 0 aromatic heterocycles. The number of sulfonamides is 1. The number of hydrogen-bond donors (Lipinski definition) is 2. The van der Waals surface area contributed by atoms with Crippen LogP contribution in [-0.2, 0) is 14.8 Å². The maximum atomic E-state index is 11.6. The van der Waals surface area contributed by atoms with Gasteiger partial charge < -0.3 is 5.11 Å². The molecule has 0 heterocycles. The number of aliphatic carboxylic acids is 1. The van der Waals surface area contributed by atoms with Gasteiger partial charge in [-0.3, -0.25) is 4.79 Å². The van der Waals surface area contributed by atoms with Crippen LogP contribution in [0.2, 0.25) is 0 Å². The first-order chi connectivity index (χ1) is 7.14. The highest BCUT2D eigenvalue weighted by Gasteiger charge is 2.36. The predicted octanol–water partition coefficient (Wildman–Crippen LogP) is 0.958. The van der Waals surface area contributed by atoms with E-state index in [0.717, 1.165) is 19.3 Å². The van der Waals surface area contributed by atoms with E-state index in [0.29, 0.717) is 0 Å². The highest BCUT2D eigenvalue weighted by atomic mass is 32.2. The van der Waals surface area contributed by atoms with Crippen LogP contribution in [-0.4, -0.2) is 30.8 Å². The van der Waals surface area contributed by atoms with Crippen molar-refractivity contribution in [2.45, 2.75) is 51.3 Å². The fourth-order valence-electron chi connectivity index (χ4n) is 2.00. The Balaban J connectivity index is 2.65. The lowest BCUT2D eigenvalue weighted by Gasteiger charge is -2.18. The summed E-state index contributed by atoms with van der Waals surface area (Å²) in [6.45, 7) is 5.36. The van der Waals surface area contributed by atoms with Crippen molar-refractivity contribution in [3.8, 4) is 0 Å². The number of rotatable bonds is 4. The number of carboxylic acid groups (broad SMARTS) is 1. The normalized spacial score (nSPS) is 26.6. The number of carbonyl (C=O) groups is 1. The van der Waals surface area contributed by atoms with Crippen molar-refractivity contribution in [1.82, 2.24) is 4.72 Å². The van der Waals surface area contributed by atoms with Crippen molar-refractivity contribution >= 4 is 16.0 Å². The van der Waals surface area contributed by atoms with Crippen LogP contribution in [0.4, 0.5) is 0 Å². The van der Waals surface area contributed by atoms with E-state index in [4.69, 9.17) is 5.11 Å². The number of nitrogens with one attached hydrogen (secondary N) is 1. The van der Waals surface area contributed by atoms with Gasteiger partial charge in [-0.1, -0.05) is 13.8 Å². The van der Waals surface area contributed by atoms with Crippen LogP contribution in [0.1, 0.15) is 40.0 Å². The maximum absolute atomic E-state index is 11.6. The Morgan fingerprint density at radius 2 is 2.06 bits per heavy atom. The molecule has 0 saturated heterocycles. The molecule has 16 heavy (non-hydrogen) atoms. The zero-order valence-electron chi connectivity index (χ0n) is 9.86. The zero-order chi connectivity index (χ0) is 12.6. The van der Waals surface area contributed by atoms with Crippen LogP contribution in [0.5, 0.6) is 0 Å². The first-order valence-electron chi connectivity index (χ1n) is 5.38. The molecule has 2 unspecified atom stereocenters. The van der Waals surface area contributed by atoms with Gasteiger partial charge in [0, 0.05) is 6.04 Å². The summed E-state index contributed by atoms with van der Waals surface area (Å²) in [5.74, 6) is -1.32. The van der Waals surface area contributed by atoms with Gasteiger partial charge >= 0.3 is 5.97 Å². The topological polar surface area (TPSA) is 83.5 Å². The van der Waals surface area contributed by atoms with Crippen molar-refractivity contribution < 1.29 is 18.3 Å². The van der Waals surface area contributed by atoms with E-state index < -0.39 is 21.2 Å². The van der Waals surface area contributed by atoms with E-state index in [2.05, 4.69) is 18.6 Å². The minimum atomic E-state index is -3.74. The molecule has 0 radical (unpaired) electrons. The van der Waals surface area contributed by atoms with Crippen LogP contribution in [0.3, 0.4) is 0 Å². The van der Waals surface area contributed by atoms with Crippen LogP contribution >= 0.6 is 0 Å². The molecule has 0 bridgehead atoms. The molecule has 1 fully saturated rings. The van der Waals surface area contributed by atoms with Crippen LogP contribution < -0.4 is 4.72 Å². The molecule has 1 aliphatic carbocycles. The highest BCUT2D eigenvalue weighted by Crippen LogP contribution is 2.37. The third-order valence-electron chi connectivity index (χ3n) is 3.11. The molecule has 2 N–H and O–H groups in total. The van der Waals surface area contributed by atoms with Crippen LogP contribution in [0, 0.1) is 5.41 Å². The minimum Gasteiger partial charge on any atom is -0.480 e. The molecular formula is C10H19NO4S. The molecule has 1 aliphatic rings. The third kappa shape index (κ3) is 3.18. The maximum Gasteiger partial charge on any atom is 0.323 e. The molecule has 2 atom stereocenters. The van der Waals surface area contributed by atoms with E-state index in [1.807, 2.05) is 0 Å². The molecule has 1 rings (SSSR count). The molecule has 0 aromatic carbocycles. The number of carboxylic acids is 1. The predicted molar refractivity (Wildman–Crippen MR) is 60.6 cm³/mol. The summed E-state index contributed by atoms with van der Waals surface area (Å²) in [6.07, 6.45) is 2.50. The Morgan fingerprint density at radius 1 is 1.50 bits per heavy atom. The second-order valence-electron chi connectivity index (χ2n) is 5.25. The van der Waals surface area contributed by atoms with Crippen LogP contribution in [0.15, 0.2) is 0 Å². The zero-order valence-corrected chi connectivity index (χ0v) is 10.7. The first-order valence-corrected chi connectivity index (χ1v) is 6.93. The summed E-state index contributed by atoms with van der Waals surface area (Å²) in [5, 5.41) is 7.28. The summed E-state index contributed by atoms with van der Waals surface area (Å²) < 4.78 is 25.8. The Morgan fingerprint density at radius 3 is 2.44 bits per heavy atom. The lowest BCUT2D eigenvalue weighted by Crippen LogP contribution is -2.42. The SMILES string of the molecule is CC(C(=O)O)S(=O)(=O)NC1CCC(C)(C)C1. The van der Waals surface area contributed by atoms with Crippen molar-refractivity contribution in [3.05, 3.63) is 0 Å². The quantitative estimate of drug-likeness (QED) is 0.777. The lowest BCUT2D eigenvalue weighted by molar-refractivity contribution is -0.136. The molecule has 0 amide bonds. The van der Waals surface area contributed by atoms with Gasteiger partial charge in [0.2, 0.25) is 10.0 Å². The van der Waals surface area contributed by atoms with E-state index >= 15 is 0 Å². The average molecular weight is 249 g/mol. The molecular weight excluding hydrogens is 230 g/mol. The van der Waals surface area contributed by atoms with Gasteiger partial charge in [-0.2, -0.15) is 0 Å². The van der Waals surface area contributed by atoms with Crippen molar-refractivity contribution in [1.29, 1.82) is 0 Å². The van der Waals surface area contributed by atoms with Gasteiger partial charge in [-0.25, -0.2) is 13.1 Å². The smallest absolute Gasteiger partial charge is 0.323 e. The van der Waals surface area contributed by atoms with Gasteiger partial charge in [-0.05, 0) is 31.6 Å². The summed E-state index contributed by atoms with van der Waals surface area (Å²) in [6, 6.07) is -0.123. The third-order valence-corrected chi connectivity index (χ3v) is 4.91. The molecule has 0 spiro atoms. The molecule has 1 saturated carbocycles. The summed E-state index contributed by atoms with van der Waals surface area (Å²) in [5.41, 5.74) is 0.139. The van der Waals surface area contributed by atoms with E-state index in [9.17, 15) is 13.2 Å². The first kappa shape index (κ1) is 13.4. The van der Waals surface area contributed by atoms with Gasteiger partial charge in [0.1, 0.15) is 0 Å². The van der Waals surface area contributed by atoms with E-state index in [1.165, 1.54) is 6.92 Å². The van der Waals surface area contributed by atoms with Gasteiger partial charge in [0.15, 0.2) is 5.25 Å². The largest absolute Gasteiger partial charge is 0.480 e. The van der Waals surface area contributed by atoms with Gasteiger partial charge in [-0.15, -0.1) is 0 Å². The number of hydrogen-bond acceptors (Lipinski definition) is 3. The average Bonchev–Trinajstić information content (AvgIpc) is 2.43. The van der Waals surface area contributed by atoms with Crippen molar-refractivity contribution in [2.24, 2.45) is 5.41 Å². The van der Waals surface area contributed by atoms with E-state index in [1.54, 1.807) is 0 Å². The Kier molecular flexibility index (Phi) is 3.64. The highest BCUT2D eigenvalue weighted by molar-refractivity contribution is 7.90. The monoisotopic (exact) mass is 249 g/mol. The minimum absolute atomic E-state index is 0.123. The molecule has 6 heteroatoms. The second kappa shape index (κ2) is 4.33. The molecule has 0 aliphatic heterocycles. The fraction of sp³-hybridized carbons (Fsp3) is 0.900. The molecule has 94 valence electrons. The fourth-order valence-corrected chi connectivity index (χ4v) is 3.14. The van der Waals surface area contributed by atoms with Crippen LogP contribution in [0.25, 0.3) is 0 Å². The standard InChI is InChI=1S/C10H19NO4S/c1-7(9(12)13)16(14,15)11-8-4-5-10(2,3)6-8/h7-8,11H,4-6H2,1-3H3,(H,12,13). The summed E-state index contributed by atoms with van der Waals surface area (Å²) in [4.78, 5) is 10.6. The summed E-state index contributed by atoms with van der Waals surface area (Å²) >= 11 is 0. The Bertz CT molecular complexity index is 374. The van der Waals surface area contributed by atoms with Crippen molar-refractivity contribution in [2.75, 3.05) is 0 Å². The van der Waals surface area contributed by atoms with Crippen molar-refractivity contribution in [3.63, 3.8) is 0 Å². The Hall–Kier alpha value is -0.620.